The molecule has 0 spiro atoms. The zero-order valence-corrected chi connectivity index (χ0v) is 13.4. The van der Waals surface area contributed by atoms with Crippen LogP contribution in [0.4, 0.5) is 5.69 Å². The summed E-state index contributed by atoms with van der Waals surface area (Å²) in [4.78, 5) is 0. The third kappa shape index (κ3) is 3.48. The predicted octanol–water partition coefficient (Wildman–Crippen LogP) is 4.24. The molecular formula is C18H23NO2. The van der Waals surface area contributed by atoms with Crippen LogP contribution in [0.3, 0.4) is 0 Å². The van der Waals surface area contributed by atoms with Gasteiger partial charge in [0.25, 0.3) is 0 Å². The topological polar surface area (TPSA) is 30.5 Å². The van der Waals surface area contributed by atoms with E-state index in [9.17, 15) is 0 Å². The molecule has 0 aliphatic carbocycles. The first-order chi connectivity index (χ1) is 10.0. The van der Waals surface area contributed by atoms with Gasteiger partial charge in [-0.1, -0.05) is 18.2 Å². The van der Waals surface area contributed by atoms with Crippen LogP contribution in [0.15, 0.2) is 30.3 Å². The Labute approximate surface area is 126 Å². The third-order valence-corrected chi connectivity index (χ3v) is 3.78. The average molecular weight is 285 g/mol. The van der Waals surface area contributed by atoms with Gasteiger partial charge >= 0.3 is 0 Å². The standard InChI is InChI=1S/C18H23NO2/c1-12-6-7-15(8-13(12)2)11-19-16-10-18(21-5)17(20-4)9-14(16)3/h6-10,19H,11H2,1-5H3. The summed E-state index contributed by atoms with van der Waals surface area (Å²) in [6, 6.07) is 10.5. The molecule has 0 aliphatic heterocycles. The molecule has 112 valence electrons. The largest absolute Gasteiger partial charge is 0.493 e. The highest BCUT2D eigenvalue weighted by Gasteiger charge is 2.08. The van der Waals surface area contributed by atoms with E-state index in [1.807, 2.05) is 12.1 Å². The van der Waals surface area contributed by atoms with Gasteiger partial charge in [0.1, 0.15) is 0 Å². The van der Waals surface area contributed by atoms with Gasteiger partial charge in [-0.25, -0.2) is 0 Å². The Hall–Kier alpha value is -2.16. The monoisotopic (exact) mass is 285 g/mol. The predicted molar refractivity (Wildman–Crippen MR) is 87.5 cm³/mol. The van der Waals surface area contributed by atoms with Crippen molar-refractivity contribution in [3.8, 4) is 11.5 Å². The number of ether oxygens (including phenoxy) is 2. The van der Waals surface area contributed by atoms with E-state index in [4.69, 9.17) is 9.47 Å². The zero-order chi connectivity index (χ0) is 15.4. The summed E-state index contributed by atoms with van der Waals surface area (Å²) < 4.78 is 10.7. The summed E-state index contributed by atoms with van der Waals surface area (Å²) in [5, 5.41) is 3.47. The number of benzene rings is 2. The maximum Gasteiger partial charge on any atom is 0.162 e. The van der Waals surface area contributed by atoms with Gasteiger partial charge in [-0.3, -0.25) is 0 Å². The second-order valence-corrected chi connectivity index (χ2v) is 5.29. The second-order valence-electron chi connectivity index (χ2n) is 5.29. The van der Waals surface area contributed by atoms with Crippen LogP contribution in [0, 0.1) is 20.8 Å². The van der Waals surface area contributed by atoms with Crippen LogP contribution in [0.1, 0.15) is 22.3 Å². The molecule has 0 aromatic heterocycles. The molecule has 0 radical (unpaired) electrons. The van der Waals surface area contributed by atoms with Gasteiger partial charge in [0.15, 0.2) is 11.5 Å². The molecule has 2 aromatic carbocycles. The smallest absolute Gasteiger partial charge is 0.162 e. The van der Waals surface area contributed by atoms with E-state index in [1.54, 1.807) is 14.2 Å². The van der Waals surface area contributed by atoms with E-state index in [1.165, 1.54) is 16.7 Å². The van der Waals surface area contributed by atoms with Crippen molar-refractivity contribution in [1.29, 1.82) is 0 Å². The molecule has 2 rings (SSSR count). The fourth-order valence-electron chi connectivity index (χ4n) is 2.28. The van der Waals surface area contributed by atoms with Gasteiger partial charge in [0, 0.05) is 18.3 Å². The molecule has 21 heavy (non-hydrogen) atoms. The highest BCUT2D eigenvalue weighted by Crippen LogP contribution is 2.33. The summed E-state index contributed by atoms with van der Waals surface area (Å²) in [5.74, 6) is 1.50. The van der Waals surface area contributed by atoms with Crippen molar-refractivity contribution in [2.75, 3.05) is 19.5 Å². The summed E-state index contributed by atoms with van der Waals surface area (Å²) in [6.45, 7) is 7.12. The molecule has 3 heteroatoms. The van der Waals surface area contributed by atoms with E-state index in [2.05, 4.69) is 44.3 Å². The van der Waals surface area contributed by atoms with Gasteiger partial charge in [-0.05, 0) is 49.1 Å². The molecule has 0 unspecified atom stereocenters. The van der Waals surface area contributed by atoms with Crippen molar-refractivity contribution in [3.63, 3.8) is 0 Å². The first-order valence-corrected chi connectivity index (χ1v) is 7.07. The van der Waals surface area contributed by atoms with Gasteiger partial charge < -0.3 is 14.8 Å². The summed E-state index contributed by atoms with van der Waals surface area (Å²) in [7, 11) is 3.31. The molecule has 0 heterocycles. The summed E-state index contributed by atoms with van der Waals surface area (Å²) in [5.41, 5.74) is 6.11. The molecule has 0 amide bonds. The molecule has 0 bridgehead atoms. The normalized spacial score (nSPS) is 10.3. The van der Waals surface area contributed by atoms with Crippen molar-refractivity contribution >= 4 is 5.69 Å². The zero-order valence-electron chi connectivity index (χ0n) is 13.4. The SMILES string of the molecule is COc1cc(C)c(NCc2ccc(C)c(C)c2)cc1OC. The Balaban J connectivity index is 2.17. The number of methoxy groups -OCH3 is 2. The van der Waals surface area contributed by atoms with Crippen molar-refractivity contribution in [2.24, 2.45) is 0 Å². The number of hydrogen-bond acceptors (Lipinski definition) is 3. The number of aryl methyl sites for hydroxylation is 3. The molecule has 0 saturated heterocycles. The first kappa shape index (κ1) is 15.2. The van der Waals surface area contributed by atoms with Crippen LogP contribution in [0.5, 0.6) is 11.5 Å². The van der Waals surface area contributed by atoms with Gasteiger partial charge in [0.2, 0.25) is 0 Å². The van der Waals surface area contributed by atoms with Crippen LogP contribution in [-0.2, 0) is 6.54 Å². The number of anilines is 1. The highest BCUT2D eigenvalue weighted by atomic mass is 16.5. The lowest BCUT2D eigenvalue weighted by molar-refractivity contribution is 0.355. The lowest BCUT2D eigenvalue weighted by atomic mass is 10.1. The fraction of sp³-hybridized carbons (Fsp3) is 0.333. The molecule has 0 aliphatic rings. The number of rotatable bonds is 5. The molecule has 0 atom stereocenters. The average Bonchev–Trinajstić information content (AvgIpc) is 2.49. The van der Waals surface area contributed by atoms with Crippen LogP contribution in [0.2, 0.25) is 0 Å². The number of nitrogens with one attached hydrogen (secondary N) is 1. The van der Waals surface area contributed by atoms with E-state index >= 15 is 0 Å². The Morgan fingerprint density at radius 2 is 1.48 bits per heavy atom. The molecular weight excluding hydrogens is 262 g/mol. The highest BCUT2D eigenvalue weighted by molar-refractivity contribution is 5.60. The molecule has 0 fully saturated rings. The van der Waals surface area contributed by atoms with Gasteiger partial charge in [-0.2, -0.15) is 0 Å². The van der Waals surface area contributed by atoms with E-state index in [-0.39, 0.29) is 0 Å². The van der Waals surface area contributed by atoms with Gasteiger partial charge in [-0.15, -0.1) is 0 Å². The maximum atomic E-state index is 5.35. The minimum Gasteiger partial charge on any atom is -0.493 e. The van der Waals surface area contributed by atoms with Crippen LogP contribution in [-0.4, -0.2) is 14.2 Å². The lowest BCUT2D eigenvalue weighted by Gasteiger charge is -2.15. The fourth-order valence-corrected chi connectivity index (χ4v) is 2.28. The quantitative estimate of drug-likeness (QED) is 0.891. The van der Waals surface area contributed by atoms with Crippen molar-refractivity contribution in [2.45, 2.75) is 27.3 Å². The van der Waals surface area contributed by atoms with E-state index < -0.39 is 0 Å². The van der Waals surface area contributed by atoms with Crippen LogP contribution in [0.25, 0.3) is 0 Å². The Kier molecular flexibility index (Phi) is 4.73. The Morgan fingerprint density at radius 1 is 0.810 bits per heavy atom. The van der Waals surface area contributed by atoms with Crippen molar-refractivity contribution in [3.05, 3.63) is 52.6 Å². The third-order valence-electron chi connectivity index (χ3n) is 3.78. The van der Waals surface area contributed by atoms with E-state index in [0.29, 0.717) is 0 Å². The van der Waals surface area contributed by atoms with E-state index in [0.717, 1.165) is 29.3 Å². The minimum atomic E-state index is 0.741. The van der Waals surface area contributed by atoms with Crippen molar-refractivity contribution in [1.82, 2.24) is 0 Å². The maximum absolute atomic E-state index is 5.35. The Bertz CT molecular complexity index is 635. The van der Waals surface area contributed by atoms with Crippen molar-refractivity contribution < 1.29 is 9.47 Å². The summed E-state index contributed by atoms with van der Waals surface area (Å²) in [6.07, 6.45) is 0. The molecule has 2 aromatic rings. The molecule has 0 saturated carbocycles. The molecule has 1 N–H and O–H groups in total. The summed E-state index contributed by atoms with van der Waals surface area (Å²) >= 11 is 0. The Morgan fingerprint density at radius 3 is 2.10 bits per heavy atom. The number of hydrogen-bond donors (Lipinski definition) is 1. The molecule has 3 nitrogen and oxygen atoms in total. The second kappa shape index (κ2) is 6.53. The minimum absolute atomic E-state index is 0.741. The first-order valence-electron chi connectivity index (χ1n) is 7.07. The van der Waals surface area contributed by atoms with Crippen LogP contribution >= 0.6 is 0 Å². The van der Waals surface area contributed by atoms with Gasteiger partial charge in [0.05, 0.1) is 14.2 Å². The van der Waals surface area contributed by atoms with Crippen LogP contribution < -0.4 is 14.8 Å². The lowest BCUT2D eigenvalue weighted by Crippen LogP contribution is -2.03.